The molecule has 3 rings (SSSR count). The van der Waals surface area contributed by atoms with Crippen LogP contribution in [0, 0.1) is 0 Å². The van der Waals surface area contributed by atoms with Crippen molar-refractivity contribution in [2.45, 2.75) is 37.3 Å². The molecule has 34 heavy (non-hydrogen) atoms. The maximum Gasteiger partial charge on any atom is 0.416 e. The zero-order valence-corrected chi connectivity index (χ0v) is 18.3. The Balaban J connectivity index is 1.90. The Hall–Kier alpha value is -2.79. The van der Waals surface area contributed by atoms with Crippen molar-refractivity contribution in [3.8, 4) is 0 Å². The van der Waals surface area contributed by atoms with E-state index in [-0.39, 0.29) is 30.8 Å². The van der Waals surface area contributed by atoms with E-state index in [9.17, 15) is 31.1 Å². The quantitative estimate of drug-likeness (QED) is 0.519. The Kier molecular flexibility index (Phi) is 7.77. The third-order valence-corrected chi connectivity index (χ3v) is 5.70. The van der Waals surface area contributed by atoms with E-state index in [1.165, 1.54) is 6.92 Å². The highest BCUT2D eigenvalue weighted by Crippen LogP contribution is 2.38. The van der Waals surface area contributed by atoms with Gasteiger partial charge in [0.2, 0.25) is 0 Å². The van der Waals surface area contributed by atoms with E-state index >= 15 is 0 Å². The summed E-state index contributed by atoms with van der Waals surface area (Å²) >= 11 is 0. The maximum absolute atomic E-state index is 13.3. The van der Waals surface area contributed by atoms with Crippen molar-refractivity contribution in [2.24, 2.45) is 0 Å². The lowest BCUT2D eigenvalue weighted by molar-refractivity contribution is -0.143. The van der Waals surface area contributed by atoms with Crippen LogP contribution in [-0.2, 0) is 22.6 Å². The number of alkyl halides is 6. The summed E-state index contributed by atoms with van der Waals surface area (Å²) < 4.78 is 85.4. The van der Waals surface area contributed by atoms with E-state index in [2.05, 4.69) is 16.0 Å². The first-order valence-electron chi connectivity index (χ1n) is 10.6. The number of amides is 2. The first kappa shape index (κ1) is 25.8. The molecule has 5 nitrogen and oxygen atoms in total. The summed E-state index contributed by atoms with van der Waals surface area (Å²) in [5.74, 6) is 0. The van der Waals surface area contributed by atoms with Crippen molar-refractivity contribution in [2.75, 3.05) is 26.2 Å². The van der Waals surface area contributed by atoms with Crippen LogP contribution in [0.5, 0.6) is 0 Å². The summed E-state index contributed by atoms with van der Waals surface area (Å²) in [4.78, 5) is 11.7. The normalized spacial score (nSPS) is 21.0. The molecule has 0 aromatic heterocycles. The Labute approximate surface area is 192 Å². The summed E-state index contributed by atoms with van der Waals surface area (Å²) in [5, 5.41) is 8.75. The molecule has 0 radical (unpaired) electrons. The molecule has 2 aromatic rings. The first-order chi connectivity index (χ1) is 15.9. The maximum atomic E-state index is 13.3. The van der Waals surface area contributed by atoms with Gasteiger partial charge in [0.15, 0.2) is 0 Å². The van der Waals surface area contributed by atoms with Crippen LogP contribution in [0.15, 0.2) is 48.5 Å². The minimum atomic E-state index is -4.94. The van der Waals surface area contributed by atoms with Crippen LogP contribution in [0.4, 0.5) is 31.1 Å². The van der Waals surface area contributed by atoms with Gasteiger partial charge in [-0.2, -0.15) is 26.3 Å². The fourth-order valence-electron chi connectivity index (χ4n) is 3.81. The van der Waals surface area contributed by atoms with Crippen LogP contribution < -0.4 is 16.0 Å². The third-order valence-electron chi connectivity index (χ3n) is 5.70. The van der Waals surface area contributed by atoms with Crippen molar-refractivity contribution in [3.05, 3.63) is 70.8 Å². The minimum Gasteiger partial charge on any atom is -0.372 e. The second-order valence-corrected chi connectivity index (χ2v) is 8.10. The average molecular weight is 489 g/mol. The fourth-order valence-corrected chi connectivity index (χ4v) is 3.81. The standard InChI is InChI=1S/C23H25F6N3O2/c1-15(16-11-18(22(24,25)26)13-19(12-16)23(27,28)29)34-14-21(17-5-3-2-4-6-17)7-8-30-20(33)31-9-10-32-21/h2-6,11-13,15,32H,7-10,14H2,1H3,(H2,30,31,33). The predicted octanol–water partition coefficient (Wildman–Crippen LogP) is 4.99. The van der Waals surface area contributed by atoms with Crippen molar-refractivity contribution < 1.29 is 35.9 Å². The van der Waals surface area contributed by atoms with Crippen LogP contribution in [0.3, 0.4) is 0 Å². The summed E-state index contributed by atoms with van der Waals surface area (Å²) in [6.07, 6.45) is -10.6. The summed E-state index contributed by atoms with van der Waals surface area (Å²) in [7, 11) is 0. The number of nitrogens with one attached hydrogen (secondary N) is 3. The number of benzene rings is 2. The van der Waals surface area contributed by atoms with Crippen LogP contribution >= 0.6 is 0 Å². The molecule has 1 saturated heterocycles. The summed E-state index contributed by atoms with van der Waals surface area (Å²) in [6, 6.07) is 10.3. The van der Waals surface area contributed by atoms with Gasteiger partial charge in [-0.25, -0.2) is 4.79 Å². The molecule has 11 heteroatoms. The van der Waals surface area contributed by atoms with Gasteiger partial charge in [-0.3, -0.25) is 0 Å². The monoisotopic (exact) mass is 489 g/mol. The molecule has 0 saturated carbocycles. The fraction of sp³-hybridized carbons (Fsp3) is 0.435. The Bertz CT molecular complexity index is 949. The molecule has 186 valence electrons. The summed E-state index contributed by atoms with van der Waals surface area (Å²) in [6.45, 7) is 2.33. The van der Waals surface area contributed by atoms with Gasteiger partial charge in [-0.05, 0) is 42.7 Å². The predicted molar refractivity (Wildman–Crippen MR) is 113 cm³/mol. The lowest BCUT2D eigenvalue weighted by Crippen LogP contribution is -2.49. The number of carbonyl (C=O) groups excluding carboxylic acids is 1. The molecule has 0 aliphatic carbocycles. The number of rotatable bonds is 5. The zero-order valence-electron chi connectivity index (χ0n) is 18.3. The SMILES string of the molecule is CC(OCC1(c2ccccc2)CCNC(=O)NCCN1)c1cc(C(F)(F)F)cc(C(F)(F)F)c1. The molecule has 2 amide bonds. The number of ether oxygens (including phenoxy) is 1. The molecule has 1 heterocycles. The lowest BCUT2D eigenvalue weighted by atomic mass is 9.87. The van der Waals surface area contributed by atoms with Crippen LogP contribution in [0.1, 0.15) is 41.7 Å². The number of urea groups is 1. The second-order valence-electron chi connectivity index (χ2n) is 8.10. The van der Waals surface area contributed by atoms with Crippen molar-refractivity contribution in [3.63, 3.8) is 0 Å². The van der Waals surface area contributed by atoms with E-state index in [0.29, 0.717) is 31.6 Å². The Morgan fingerprint density at radius 3 is 2.09 bits per heavy atom. The largest absolute Gasteiger partial charge is 0.416 e. The molecular weight excluding hydrogens is 464 g/mol. The minimum absolute atomic E-state index is 0.0500. The van der Waals surface area contributed by atoms with Gasteiger partial charge in [0.25, 0.3) is 0 Å². The van der Waals surface area contributed by atoms with Gasteiger partial charge in [-0.1, -0.05) is 30.3 Å². The summed E-state index contributed by atoms with van der Waals surface area (Å²) in [5.41, 5.74) is -3.02. The topological polar surface area (TPSA) is 62.4 Å². The van der Waals surface area contributed by atoms with Crippen LogP contribution in [0.2, 0.25) is 0 Å². The number of hydrogen-bond acceptors (Lipinski definition) is 3. The van der Waals surface area contributed by atoms with E-state index in [0.717, 1.165) is 5.56 Å². The van der Waals surface area contributed by atoms with Crippen LogP contribution in [0.25, 0.3) is 0 Å². The van der Waals surface area contributed by atoms with Gasteiger partial charge in [0.05, 0.1) is 29.4 Å². The van der Waals surface area contributed by atoms with E-state index in [4.69, 9.17) is 4.74 Å². The smallest absolute Gasteiger partial charge is 0.372 e. The van der Waals surface area contributed by atoms with Crippen molar-refractivity contribution in [1.29, 1.82) is 0 Å². The van der Waals surface area contributed by atoms with Crippen molar-refractivity contribution in [1.82, 2.24) is 16.0 Å². The Morgan fingerprint density at radius 1 is 0.912 bits per heavy atom. The van der Waals surface area contributed by atoms with E-state index in [1.807, 2.05) is 30.3 Å². The van der Waals surface area contributed by atoms with Crippen LogP contribution in [-0.4, -0.2) is 32.3 Å². The van der Waals surface area contributed by atoms with Gasteiger partial charge < -0.3 is 20.7 Å². The number of halogens is 6. The van der Waals surface area contributed by atoms with Gasteiger partial charge in [0.1, 0.15) is 0 Å². The van der Waals surface area contributed by atoms with Gasteiger partial charge >= 0.3 is 18.4 Å². The highest BCUT2D eigenvalue weighted by Gasteiger charge is 2.38. The zero-order chi connectivity index (χ0) is 25.0. The second kappa shape index (κ2) is 10.2. The first-order valence-corrected chi connectivity index (χ1v) is 10.6. The molecule has 3 N–H and O–H groups in total. The third kappa shape index (κ3) is 6.41. The molecule has 0 bridgehead atoms. The Morgan fingerprint density at radius 2 is 1.50 bits per heavy atom. The number of hydrogen-bond donors (Lipinski definition) is 3. The molecule has 1 fully saturated rings. The average Bonchev–Trinajstić information content (AvgIpc) is 2.87. The van der Waals surface area contributed by atoms with Gasteiger partial charge in [-0.15, -0.1) is 0 Å². The van der Waals surface area contributed by atoms with E-state index < -0.39 is 35.1 Å². The molecular formula is C23H25F6N3O2. The highest BCUT2D eigenvalue weighted by atomic mass is 19.4. The molecule has 2 atom stereocenters. The molecule has 1 aliphatic rings. The lowest BCUT2D eigenvalue weighted by Gasteiger charge is -2.36. The molecule has 0 spiro atoms. The van der Waals surface area contributed by atoms with Crippen molar-refractivity contribution >= 4 is 6.03 Å². The molecule has 2 unspecified atom stereocenters. The highest BCUT2D eigenvalue weighted by molar-refractivity contribution is 5.73. The molecule has 1 aliphatic heterocycles. The van der Waals surface area contributed by atoms with E-state index in [1.54, 1.807) is 0 Å². The molecule has 2 aromatic carbocycles. The number of carbonyl (C=O) groups is 1. The van der Waals surface area contributed by atoms with Gasteiger partial charge in [0, 0.05) is 19.6 Å².